The molecule has 5 heteroatoms. The van der Waals surface area contributed by atoms with Crippen LogP contribution in [0.3, 0.4) is 0 Å². The van der Waals surface area contributed by atoms with E-state index in [0.717, 1.165) is 38.3 Å². The Bertz CT molecular complexity index is 590. The topological polar surface area (TPSA) is 34.6 Å². The van der Waals surface area contributed by atoms with Crippen LogP contribution in [-0.4, -0.2) is 41.3 Å². The van der Waals surface area contributed by atoms with E-state index in [0.29, 0.717) is 6.04 Å². The van der Waals surface area contributed by atoms with E-state index in [1.807, 2.05) is 12.1 Å². The van der Waals surface area contributed by atoms with E-state index in [4.69, 9.17) is 9.47 Å². The molecule has 1 aliphatic heterocycles. The van der Waals surface area contributed by atoms with Crippen LogP contribution in [0.5, 0.6) is 5.75 Å². The maximum atomic E-state index is 6.12. The molecule has 2 aliphatic rings. The number of nitrogens with zero attached hydrogens (tertiary/aromatic N) is 2. The van der Waals surface area contributed by atoms with Crippen molar-refractivity contribution in [2.75, 3.05) is 13.2 Å². The highest BCUT2D eigenvalue weighted by Crippen LogP contribution is 2.33. The number of rotatable bonds is 4. The Labute approximate surface area is 134 Å². The summed E-state index contributed by atoms with van der Waals surface area (Å²) in [5.41, 5.74) is 1.40. The minimum Gasteiger partial charge on any atom is -0.486 e. The van der Waals surface area contributed by atoms with E-state index >= 15 is 0 Å². The number of aromatic nitrogens is 1. The van der Waals surface area contributed by atoms with Crippen LogP contribution in [0.15, 0.2) is 41.4 Å². The van der Waals surface area contributed by atoms with Crippen LogP contribution in [0.4, 0.5) is 0 Å². The fraction of sp³-hybridized carbons (Fsp3) is 0.471. The normalized spacial score (nSPS) is 28.5. The summed E-state index contributed by atoms with van der Waals surface area (Å²) in [6, 6.07) is 6.56. The van der Waals surface area contributed by atoms with Crippen molar-refractivity contribution in [1.82, 2.24) is 9.88 Å². The molecule has 0 aromatic carbocycles. The number of fused-ring (bicyclic) bond motifs is 1. The van der Waals surface area contributed by atoms with Crippen molar-refractivity contribution in [3.63, 3.8) is 0 Å². The fourth-order valence-corrected chi connectivity index (χ4v) is 4.18. The molecule has 2 aromatic rings. The summed E-state index contributed by atoms with van der Waals surface area (Å²) in [6.45, 7) is 2.82. The zero-order valence-corrected chi connectivity index (χ0v) is 13.2. The first-order chi connectivity index (χ1) is 10.9. The lowest BCUT2D eigenvalue weighted by Crippen LogP contribution is -2.51. The van der Waals surface area contributed by atoms with Crippen LogP contribution in [-0.2, 0) is 11.3 Å². The van der Waals surface area contributed by atoms with E-state index in [1.54, 1.807) is 23.7 Å². The molecular formula is C17H20N2O2S. The van der Waals surface area contributed by atoms with Gasteiger partial charge < -0.3 is 9.47 Å². The van der Waals surface area contributed by atoms with E-state index < -0.39 is 0 Å². The molecule has 0 spiro atoms. The lowest BCUT2D eigenvalue weighted by atomic mass is 10.1. The Balaban J connectivity index is 1.44. The second-order valence-electron chi connectivity index (χ2n) is 5.93. The molecule has 2 aromatic heterocycles. The lowest BCUT2D eigenvalue weighted by molar-refractivity contribution is -0.0916. The van der Waals surface area contributed by atoms with Crippen molar-refractivity contribution in [3.05, 3.63) is 46.9 Å². The third kappa shape index (κ3) is 2.89. The second kappa shape index (κ2) is 6.36. The van der Waals surface area contributed by atoms with Crippen molar-refractivity contribution in [1.29, 1.82) is 0 Å². The molecule has 0 bridgehead atoms. The summed E-state index contributed by atoms with van der Waals surface area (Å²) < 4.78 is 12.2. The molecule has 22 heavy (non-hydrogen) atoms. The molecular weight excluding hydrogens is 296 g/mol. The number of ether oxygens (including phenoxy) is 2. The highest BCUT2D eigenvalue weighted by Gasteiger charge is 2.44. The van der Waals surface area contributed by atoms with Crippen LogP contribution >= 0.6 is 11.3 Å². The molecule has 116 valence electrons. The van der Waals surface area contributed by atoms with E-state index in [1.165, 1.54) is 5.56 Å². The van der Waals surface area contributed by atoms with Crippen LogP contribution in [0.1, 0.15) is 18.4 Å². The number of hydrogen-bond donors (Lipinski definition) is 0. The maximum Gasteiger partial charge on any atom is 0.138 e. The molecule has 1 saturated heterocycles. The van der Waals surface area contributed by atoms with Crippen molar-refractivity contribution in [2.24, 2.45) is 0 Å². The Kier molecular flexibility index (Phi) is 4.10. The molecule has 4 nitrogen and oxygen atoms in total. The summed E-state index contributed by atoms with van der Waals surface area (Å²) in [4.78, 5) is 6.68. The summed E-state index contributed by atoms with van der Waals surface area (Å²) in [7, 11) is 0. The predicted molar refractivity (Wildman–Crippen MR) is 86.1 cm³/mol. The van der Waals surface area contributed by atoms with Gasteiger partial charge in [0.25, 0.3) is 0 Å². The molecule has 0 unspecified atom stereocenters. The van der Waals surface area contributed by atoms with Crippen molar-refractivity contribution >= 4 is 11.3 Å². The van der Waals surface area contributed by atoms with Gasteiger partial charge in [-0.25, -0.2) is 0 Å². The summed E-state index contributed by atoms with van der Waals surface area (Å²) >= 11 is 1.77. The maximum absolute atomic E-state index is 6.12. The quantitative estimate of drug-likeness (QED) is 0.868. The first kappa shape index (κ1) is 14.2. The standard InChI is InChI=1S/C17H20N2O2S/c1-2-14(10-18-6-1)21-16-4-3-15-17(16)20-8-7-19(15)11-13-5-9-22-12-13/h1-2,5-6,9-10,12,15-17H,3-4,7-8,11H2/t15-,16-,17+/m0/s1. The largest absolute Gasteiger partial charge is 0.486 e. The van der Waals surface area contributed by atoms with Crippen molar-refractivity contribution < 1.29 is 9.47 Å². The molecule has 3 atom stereocenters. The summed E-state index contributed by atoms with van der Waals surface area (Å²) in [5, 5.41) is 4.39. The second-order valence-corrected chi connectivity index (χ2v) is 6.71. The smallest absolute Gasteiger partial charge is 0.138 e. The minimum absolute atomic E-state index is 0.138. The van der Waals surface area contributed by atoms with Gasteiger partial charge in [-0.1, -0.05) is 0 Å². The third-order valence-electron chi connectivity index (χ3n) is 4.54. The number of thiophene rings is 1. The Hall–Kier alpha value is -1.43. The SMILES string of the molecule is c1cncc(O[C@H]2CC[C@H]3[C@H]2OCCN3Cc2ccsc2)c1. The highest BCUT2D eigenvalue weighted by molar-refractivity contribution is 7.07. The van der Waals surface area contributed by atoms with Gasteiger partial charge in [-0.15, -0.1) is 0 Å². The Morgan fingerprint density at radius 2 is 2.36 bits per heavy atom. The molecule has 1 saturated carbocycles. The van der Waals surface area contributed by atoms with Gasteiger partial charge in [-0.05, 0) is 47.4 Å². The summed E-state index contributed by atoms with van der Waals surface area (Å²) in [6.07, 6.45) is 6.04. The molecule has 4 rings (SSSR count). The van der Waals surface area contributed by atoms with Gasteiger partial charge in [0.05, 0.1) is 12.8 Å². The van der Waals surface area contributed by atoms with Gasteiger partial charge in [0.15, 0.2) is 0 Å². The number of hydrogen-bond acceptors (Lipinski definition) is 5. The Morgan fingerprint density at radius 3 is 3.18 bits per heavy atom. The van der Waals surface area contributed by atoms with Crippen LogP contribution in [0.25, 0.3) is 0 Å². The van der Waals surface area contributed by atoms with Gasteiger partial charge in [0.1, 0.15) is 18.0 Å². The van der Waals surface area contributed by atoms with E-state index in [2.05, 4.69) is 26.7 Å². The van der Waals surface area contributed by atoms with E-state index in [-0.39, 0.29) is 12.2 Å². The molecule has 0 N–H and O–H groups in total. The fourth-order valence-electron chi connectivity index (χ4n) is 3.52. The molecule has 0 amide bonds. The highest BCUT2D eigenvalue weighted by atomic mass is 32.1. The first-order valence-corrected chi connectivity index (χ1v) is 8.78. The minimum atomic E-state index is 0.138. The third-order valence-corrected chi connectivity index (χ3v) is 5.27. The molecule has 3 heterocycles. The van der Waals surface area contributed by atoms with Gasteiger partial charge in [-0.2, -0.15) is 11.3 Å². The Morgan fingerprint density at radius 1 is 1.36 bits per heavy atom. The lowest BCUT2D eigenvalue weighted by Gasteiger charge is -2.38. The first-order valence-electron chi connectivity index (χ1n) is 7.83. The zero-order valence-electron chi connectivity index (χ0n) is 12.4. The number of morpholine rings is 1. The number of pyridine rings is 1. The summed E-state index contributed by atoms with van der Waals surface area (Å²) in [5.74, 6) is 0.840. The van der Waals surface area contributed by atoms with Gasteiger partial charge in [-0.3, -0.25) is 9.88 Å². The molecule has 1 aliphatic carbocycles. The average Bonchev–Trinajstić information content (AvgIpc) is 3.19. The van der Waals surface area contributed by atoms with Crippen LogP contribution < -0.4 is 4.74 Å². The van der Waals surface area contributed by atoms with Crippen LogP contribution in [0.2, 0.25) is 0 Å². The van der Waals surface area contributed by atoms with Gasteiger partial charge >= 0.3 is 0 Å². The molecule has 0 radical (unpaired) electrons. The molecule has 2 fully saturated rings. The van der Waals surface area contributed by atoms with Crippen LogP contribution in [0, 0.1) is 0 Å². The monoisotopic (exact) mass is 316 g/mol. The van der Waals surface area contributed by atoms with Gasteiger partial charge in [0.2, 0.25) is 0 Å². The van der Waals surface area contributed by atoms with Crippen molar-refractivity contribution in [3.8, 4) is 5.75 Å². The van der Waals surface area contributed by atoms with Gasteiger partial charge in [0, 0.05) is 25.3 Å². The average molecular weight is 316 g/mol. The van der Waals surface area contributed by atoms with Crippen molar-refractivity contribution in [2.45, 2.75) is 37.6 Å². The predicted octanol–water partition coefficient (Wildman–Crippen LogP) is 2.95. The zero-order chi connectivity index (χ0) is 14.8. The van der Waals surface area contributed by atoms with E-state index in [9.17, 15) is 0 Å².